The molecule has 16 heavy (non-hydrogen) atoms. The Morgan fingerprint density at radius 1 is 1.00 bits per heavy atom. The molecule has 0 spiro atoms. The average molecular weight is 214 g/mol. The van der Waals surface area contributed by atoms with Crippen LogP contribution in [-0.4, -0.2) is 0 Å². The normalized spacial score (nSPS) is 10.3. The first kappa shape index (κ1) is 10.8. The van der Waals surface area contributed by atoms with Crippen LogP contribution in [-0.2, 0) is 20.0 Å². The molecule has 2 aromatic rings. The monoisotopic (exact) mass is 214 g/mol. The molecule has 2 nitrogen and oxygen atoms in total. The van der Waals surface area contributed by atoms with Gasteiger partial charge in [0, 0.05) is 30.2 Å². The molecule has 0 aliphatic carbocycles. The van der Waals surface area contributed by atoms with Crippen molar-refractivity contribution in [2.45, 2.75) is 19.4 Å². The maximum atomic E-state index is 2.23. The summed E-state index contributed by atoms with van der Waals surface area (Å²) in [5.74, 6) is 0. The summed E-state index contributed by atoms with van der Waals surface area (Å²) in [4.78, 5) is 0. The molecule has 0 bridgehead atoms. The van der Waals surface area contributed by atoms with Crippen LogP contribution in [0, 0.1) is 0 Å². The van der Waals surface area contributed by atoms with Gasteiger partial charge in [-0.05, 0) is 12.5 Å². The van der Waals surface area contributed by atoms with Crippen LogP contribution >= 0.6 is 0 Å². The number of rotatable bonds is 4. The van der Waals surface area contributed by atoms with Crippen LogP contribution < -0.4 is 9.13 Å². The first-order valence-electron chi connectivity index (χ1n) is 5.73. The highest BCUT2D eigenvalue weighted by molar-refractivity contribution is 5.04. The van der Waals surface area contributed by atoms with E-state index in [9.17, 15) is 0 Å². The molecule has 2 heteroatoms. The van der Waals surface area contributed by atoms with Crippen molar-refractivity contribution in [2.24, 2.45) is 7.05 Å². The van der Waals surface area contributed by atoms with E-state index in [0.717, 1.165) is 13.0 Å². The lowest BCUT2D eigenvalue weighted by molar-refractivity contribution is -0.697. The molecule has 0 radical (unpaired) electrons. The maximum absolute atomic E-state index is 2.23. The number of aryl methyl sites for hydroxylation is 3. The van der Waals surface area contributed by atoms with Crippen molar-refractivity contribution in [1.29, 1.82) is 0 Å². The lowest BCUT2D eigenvalue weighted by Crippen LogP contribution is -2.32. The van der Waals surface area contributed by atoms with E-state index in [-0.39, 0.29) is 0 Å². The van der Waals surface area contributed by atoms with Gasteiger partial charge in [0.05, 0.1) is 0 Å². The summed E-state index contributed by atoms with van der Waals surface area (Å²) >= 11 is 0. The highest BCUT2D eigenvalue weighted by Crippen LogP contribution is 1.98. The second-order valence-electron chi connectivity index (χ2n) is 4.09. The van der Waals surface area contributed by atoms with Crippen LogP contribution in [0.15, 0.2) is 55.1 Å². The van der Waals surface area contributed by atoms with Gasteiger partial charge in [0.25, 0.3) is 0 Å². The van der Waals surface area contributed by atoms with Crippen molar-refractivity contribution < 1.29 is 9.13 Å². The van der Waals surface area contributed by atoms with Crippen LogP contribution in [0.2, 0.25) is 0 Å². The predicted octanol–water partition coefficient (Wildman–Crippen LogP) is 1.43. The molecule has 0 unspecified atom stereocenters. The van der Waals surface area contributed by atoms with Crippen LogP contribution in [0.4, 0.5) is 0 Å². The minimum absolute atomic E-state index is 1.08. The predicted molar refractivity (Wildman–Crippen MR) is 62.6 cm³/mol. The number of aromatic nitrogens is 2. The molecule has 0 saturated heterocycles. The van der Waals surface area contributed by atoms with Gasteiger partial charge in [0.1, 0.15) is 13.6 Å². The van der Waals surface area contributed by atoms with Gasteiger partial charge in [-0.2, -0.15) is 0 Å². The quantitative estimate of drug-likeness (QED) is 0.680. The van der Waals surface area contributed by atoms with E-state index in [1.807, 2.05) is 6.07 Å². The number of hydrogen-bond acceptors (Lipinski definition) is 0. The minimum Gasteiger partial charge on any atom is -0.208 e. The second-order valence-corrected chi connectivity index (χ2v) is 4.09. The van der Waals surface area contributed by atoms with E-state index in [4.69, 9.17) is 0 Å². The highest BCUT2D eigenvalue weighted by atomic mass is 14.9. The van der Waals surface area contributed by atoms with Gasteiger partial charge in [-0.15, -0.1) is 0 Å². The molecule has 0 fully saturated rings. The van der Waals surface area contributed by atoms with Crippen LogP contribution in [0.3, 0.4) is 0 Å². The summed E-state index contributed by atoms with van der Waals surface area (Å²) in [6, 6.07) is 10.5. The molecule has 0 aliphatic heterocycles. The van der Waals surface area contributed by atoms with E-state index in [1.54, 1.807) is 0 Å². The van der Waals surface area contributed by atoms with Crippen LogP contribution in [0.1, 0.15) is 12.0 Å². The molecule has 2 rings (SSSR count). The van der Waals surface area contributed by atoms with E-state index < -0.39 is 0 Å². The SMILES string of the molecule is C[n+]1cccc(CCC[n+]2ccccc2)c1. The lowest BCUT2D eigenvalue weighted by Gasteiger charge is -1.97. The molecule has 0 atom stereocenters. The highest BCUT2D eigenvalue weighted by Gasteiger charge is 2.01. The molecule has 0 amide bonds. The van der Waals surface area contributed by atoms with Gasteiger partial charge in [-0.3, -0.25) is 0 Å². The molecule has 0 aromatic carbocycles. The van der Waals surface area contributed by atoms with Crippen molar-refractivity contribution in [2.75, 3.05) is 0 Å². The number of hydrogen-bond donors (Lipinski definition) is 0. The fourth-order valence-corrected chi connectivity index (χ4v) is 1.85. The summed E-state index contributed by atoms with van der Waals surface area (Å²) in [6.45, 7) is 1.08. The fraction of sp³-hybridized carbons (Fsp3) is 0.286. The van der Waals surface area contributed by atoms with Crippen molar-refractivity contribution in [3.8, 4) is 0 Å². The van der Waals surface area contributed by atoms with Gasteiger partial charge in [-0.1, -0.05) is 6.07 Å². The van der Waals surface area contributed by atoms with Gasteiger partial charge in [0.2, 0.25) is 0 Å². The smallest absolute Gasteiger partial charge is 0.171 e. The molecule has 0 N–H and O–H groups in total. The number of pyridine rings is 2. The standard InChI is InChI=1S/C14H18N2/c1-15-9-5-7-14(13-15)8-6-12-16-10-3-2-4-11-16/h2-5,7,9-11,13H,6,8,12H2,1H3/q+2. The zero-order valence-corrected chi connectivity index (χ0v) is 9.71. The summed E-state index contributed by atoms with van der Waals surface area (Å²) in [6.07, 6.45) is 10.8. The summed E-state index contributed by atoms with van der Waals surface area (Å²) < 4.78 is 4.33. The Balaban J connectivity index is 1.85. The average Bonchev–Trinajstić information content (AvgIpc) is 2.30. The van der Waals surface area contributed by atoms with Gasteiger partial charge < -0.3 is 0 Å². The zero-order valence-electron chi connectivity index (χ0n) is 9.71. The van der Waals surface area contributed by atoms with Crippen molar-refractivity contribution in [1.82, 2.24) is 0 Å². The van der Waals surface area contributed by atoms with E-state index in [0.29, 0.717) is 0 Å². The Bertz CT molecular complexity index is 437. The molecule has 82 valence electrons. The molecular formula is C14H18N2+2. The largest absolute Gasteiger partial charge is 0.208 e. The Labute approximate surface area is 96.8 Å². The summed E-state index contributed by atoms with van der Waals surface area (Å²) in [5.41, 5.74) is 1.40. The topological polar surface area (TPSA) is 7.76 Å². The zero-order chi connectivity index (χ0) is 11.2. The van der Waals surface area contributed by atoms with E-state index >= 15 is 0 Å². The van der Waals surface area contributed by atoms with Crippen LogP contribution in [0.5, 0.6) is 0 Å². The summed E-state index contributed by atoms with van der Waals surface area (Å²) in [7, 11) is 2.06. The number of nitrogens with zero attached hydrogens (tertiary/aromatic N) is 2. The molecule has 2 heterocycles. The molecule has 2 aromatic heterocycles. The second kappa shape index (κ2) is 5.40. The lowest BCUT2D eigenvalue weighted by atomic mass is 10.1. The Morgan fingerprint density at radius 2 is 1.81 bits per heavy atom. The Kier molecular flexibility index (Phi) is 3.65. The third-order valence-corrected chi connectivity index (χ3v) is 2.66. The van der Waals surface area contributed by atoms with Crippen LogP contribution in [0.25, 0.3) is 0 Å². The minimum atomic E-state index is 1.08. The molecular weight excluding hydrogens is 196 g/mol. The summed E-state index contributed by atoms with van der Waals surface area (Å²) in [5, 5.41) is 0. The van der Waals surface area contributed by atoms with Crippen molar-refractivity contribution in [3.05, 3.63) is 60.7 Å². The van der Waals surface area contributed by atoms with Crippen molar-refractivity contribution in [3.63, 3.8) is 0 Å². The van der Waals surface area contributed by atoms with Gasteiger partial charge in [0.15, 0.2) is 24.8 Å². The molecule has 0 saturated carbocycles. The fourth-order valence-electron chi connectivity index (χ4n) is 1.85. The Morgan fingerprint density at radius 3 is 2.56 bits per heavy atom. The van der Waals surface area contributed by atoms with E-state index in [2.05, 4.69) is 65.2 Å². The third kappa shape index (κ3) is 3.16. The van der Waals surface area contributed by atoms with Crippen molar-refractivity contribution >= 4 is 0 Å². The van der Waals surface area contributed by atoms with E-state index in [1.165, 1.54) is 12.0 Å². The van der Waals surface area contributed by atoms with Gasteiger partial charge >= 0.3 is 0 Å². The first-order chi connectivity index (χ1) is 7.84. The Hall–Kier alpha value is -1.70. The first-order valence-corrected chi connectivity index (χ1v) is 5.73. The molecule has 0 aliphatic rings. The van der Waals surface area contributed by atoms with Gasteiger partial charge in [-0.25, -0.2) is 9.13 Å². The maximum Gasteiger partial charge on any atom is 0.171 e. The third-order valence-electron chi connectivity index (χ3n) is 2.66.